The highest BCUT2D eigenvalue weighted by Crippen LogP contribution is 2.23. The molecule has 3 heteroatoms. The standard InChI is InChI=1S/C21H22N2O/c1-2-15-23(16-17-9-4-3-5-10-17)21(24)22-20-14-8-12-18-11-6-7-13-19(18)20/h3-14H,2,15-16H2,1H3,(H,22,24). The van der Waals surface area contributed by atoms with E-state index in [0.717, 1.165) is 35.0 Å². The van der Waals surface area contributed by atoms with E-state index in [2.05, 4.69) is 24.4 Å². The minimum atomic E-state index is -0.0583. The zero-order chi connectivity index (χ0) is 16.8. The molecule has 0 bridgehead atoms. The molecule has 3 aromatic rings. The van der Waals surface area contributed by atoms with Crippen LogP contribution in [0.1, 0.15) is 18.9 Å². The van der Waals surface area contributed by atoms with Gasteiger partial charge in [0.25, 0.3) is 0 Å². The number of benzene rings is 3. The van der Waals surface area contributed by atoms with Crippen LogP contribution in [0.25, 0.3) is 10.8 Å². The van der Waals surface area contributed by atoms with Crippen molar-refractivity contribution in [2.24, 2.45) is 0 Å². The summed E-state index contributed by atoms with van der Waals surface area (Å²) in [5, 5.41) is 5.26. The number of anilines is 1. The molecule has 3 rings (SSSR count). The second-order valence-corrected chi connectivity index (χ2v) is 5.86. The van der Waals surface area contributed by atoms with Gasteiger partial charge in [-0.05, 0) is 23.4 Å². The summed E-state index contributed by atoms with van der Waals surface area (Å²) in [4.78, 5) is 14.6. The molecule has 0 aliphatic heterocycles. The summed E-state index contributed by atoms with van der Waals surface area (Å²) in [6, 6.07) is 24.1. The van der Waals surface area contributed by atoms with E-state index in [9.17, 15) is 4.79 Å². The van der Waals surface area contributed by atoms with E-state index in [1.807, 2.05) is 65.6 Å². The molecule has 24 heavy (non-hydrogen) atoms. The Morgan fingerprint density at radius 1 is 0.917 bits per heavy atom. The lowest BCUT2D eigenvalue weighted by Gasteiger charge is -2.23. The maximum Gasteiger partial charge on any atom is 0.322 e. The van der Waals surface area contributed by atoms with E-state index in [4.69, 9.17) is 0 Å². The van der Waals surface area contributed by atoms with Gasteiger partial charge < -0.3 is 10.2 Å². The lowest BCUT2D eigenvalue weighted by atomic mass is 10.1. The van der Waals surface area contributed by atoms with Gasteiger partial charge in [0.05, 0.1) is 5.69 Å². The number of amides is 2. The topological polar surface area (TPSA) is 32.3 Å². The monoisotopic (exact) mass is 318 g/mol. The zero-order valence-corrected chi connectivity index (χ0v) is 13.9. The SMILES string of the molecule is CCCN(Cc1ccccc1)C(=O)Nc1cccc2ccccc12. The van der Waals surface area contributed by atoms with Crippen molar-refractivity contribution in [2.45, 2.75) is 19.9 Å². The van der Waals surface area contributed by atoms with Gasteiger partial charge in [-0.2, -0.15) is 0 Å². The Bertz CT molecular complexity index is 809. The van der Waals surface area contributed by atoms with Crippen molar-refractivity contribution in [3.8, 4) is 0 Å². The van der Waals surface area contributed by atoms with Crippen molar-refractivity contribution in [3.05, 3.63) is 78.4 Å². The number of hydrogen-bond acceptors (Lipinski definition) is 1. The molecule has 1 N–H and O–H groups in total. The first-order valence-electron chi connectivity index (χ1n) is 8.35. The number of urea groups is 1. The summed E-state index contributed by atoms with van der Waals surface area (Å²) < 4.78 is 0. The van der Waals surface area contributed by atoms with Crippen molar-refractivity contribution in [3.63, 3.8) is 0 Å². The third kappa shape index (κ3) is 3.74. The van der Waals surface area contributed by atoms with Crippen LogP contribution in [0.5, 0.6) is 0 Å². The minimum Gasteiger partial charge on any atom is -0.320 e. The Hall–Kier alpha value is -2.81. The fraction of sp³-hybridized carbons (Fsp3) is 0.190. The molecule has 0 spiro atoms. The van der Waals surface area contributed by atoms with Crippen molar-refractivity contribution in [2.75, 3.05) is 11.9 Å². The number of rotatable bonds is 5. The van der Waals surface area contributed by atoms with Gasteiger partial charge in [0.15, 0.2) is 0 Å². The fourth-order valence-corrected chi connectivity index (χ4v) is 2.85. The van der Waals surface area contributed by atoms with Crippen LogP contribution >= 0.6 is 0 Å². The van der Waals surface area contributed by atoms with Crippen LogP contribution in [-0.4, -0.2) is 17.5 Å². The van der Waals surface area contributed by atoms with Crippen molar-refractivity contribution < 1.29 is 4.79 Å². The van der Waals surface area contributed by atoms with Gasteiger partial charge in [0, 0.05) is 18.5 Å². The lowest BCUT2D eigenvalue weighted by molar-refractivity contribution is 0.209. The van der Waals surface area contributed by atoms with Crippen molar-refractivity contribution >= 4 is 22.5 Å². The van der Waals surface area contributed by atoms with Gasteiger partial charge >= 0.3 is 6.03 Å². The molecule has 0 saturated carbocycles. The summed E-state index contributed by atoms with van der Waals surface area (Å²) in [5.41, 5.74) is 1.99. The zero-order valence-electron chi connectivity index (χ0n) is 13.9. The minimum absolute atomic E-state index is 0.0583. The van der Waals surface area contributed by atoms with Gasteiger partial charge in [-0.1, -0.05) is 73.7 Å². The Kier molecular flexibility index (Phi) is 5.12. The van der Waals surface area contributed by atoms with E-state index in [-0.39, 0.29) is 6.03 Å². The molecular weight excluding hydrogens is 296 g/mol. The summed E-state index contributed by atoms with van der Waals surface area (Å²) in [6.45, 7) is 3.43. The molecule has 3 aromatic carbocycles. The first kappa shape index (κ1) is 16.1. The molecule has 122 valence electrons. The predicted octanol–water partition coefficient (Wildman–Crippen LogP) is 5.28. The maximum atomic E-state index is 12.8. The molecule has 0 radical (unpaired) electrons. The third-order valence-corrected chi connectivity index (χ3v) is 4.03. The van der Waals surface area contributed by atoms with Crippen molar-refractivity contribution in [1.82, 2.24) is 4.90 Å². The fourth-order valence-electron chi connectivity index (χ4n) is 2.85. The molecular formula is C21H22N2O. The average Bonchev–Trinajstić information content (AvgIpc) is 2.62. The van der Waals surface area contributed by atoms with Crippen LogP contribution in [0.15, 0.2) is 72.8 Å². The number of hydrogen-bond donors (Lipinski definition) is 1. The molecule has 0 aliphatic rings. The molecule has 0 aliphatic carbocycles. The Morgan fingerprint density at radius 3 is 2.42 bits per heavy atom. The van der Waals surface area contributed by atoms with Gasteiger partial charge in [-0.15, -0.1) is 0 Å². The van der Waals surface area contributed by atoms with E-state index in [1.54, 1.807) is 0 Å². The van der Waals surface area contributed by atoms with Crippen LogP contribution in [0.2, 0.25) is 0 Å². The second-order valence-electron chi connectivity index (χ2n) is 5.86. The highest BCUT2D eigenvalue weighted by molar-refractivity contribution is 6.01. The number of nitrogens with one attached hydrogen (secondary N) is 1. The molecule has 0 aromatic heterocycles. The number of carbonyl (C=O) groups is 1. The summed E-state index contributed by atoms with van der Waals surface area (Å²) >= 11 is 0. The number of carbonyl (C=O) groups excluding carboxylic acids is 1. The molecule has 0 unspecified atom stereocenters. The molecule has 0 saturated heterocycles. The average molecular weight is 318 g/mol. The van der Waals surface area contributed by atoms with Gasteiger partial charge in [0.1, 0.15) is 0 Å². The van der Waals surface area contributed by atoms with Gasteiger partial charge in [-0.25, -0.2) is 4.79 Å². The number of nitrogens with zero attached hydrogens (tertiary/aromatic N) is 1. The number of fused-ring (bicyclic) bond motifs is 1. The molecule has 3 nitrogen and oxygen atoms in total. The van der Waals surface area contributed by atoms with E-state index >= 15 is 0 Å². The Balaban J connectivity index is 1.80. The van der Waals surface area contributed by atoms with E-state index < -0.39 is 0 Å². The van der Waals surface area contributed by atoms with Crippen LogP contribution in [-0.2, 0) is 6.54 Å². The molecule has 0 atom stereocenters. The van der Waals surface area contributed by atoms with Crippen LogP contribution in [0, 0.1) is 0 Å². The summed E-state index contributed by atoms with van der Waals surface area (Å²) in [5.74, 6) is 0. The van der Waals surface area contributed by atoms with Crippen LogP contribution < -0.4 is 5.32 Å². The second kappa shape index (κ2) is 7.64. The molecule has 0 heterocycles. The van der Waals surface area contributed by atoms with Crippen LogP contribution in [0.4, 0.5) is 10.5 Å². The van der Waals surface area contributed by atoms with Gasteiger partial charge in [-0.3, -0.25) is 0 Å². The maximum absolute atomic E-state index is 12.8. The normalized spacial score (nSPS) is 10.5. The highest BCUT2D eigenvalue weighted by atomic mass is 16.2. The molecule has 0 fully saturated rings. The van der Waals surface area contributed by atoms with Gasteiger partial charge in [0.2, 0.25) is 0 Å². The highest BCUT2D eigenvalue weighted by Gasteiger charge is 2.14. The van der Waals surface area contributed by atoms with E-state index in [0.29, 0.717) is 6.54 Å². The summed E-state index contributed by atoms with van der Waals surface area (Å²) in [6.07, 6.45) is 0.926. The first-order valence-corrected chi connectivity index (χ1v) is 8.35. The largest absolute Gasteiger partial charge is 0.322 e. The predicted molar refractivity (Wildman–Crippen MR) is 100 cm³/mol. The lowest BCUT2D eigenvalue weighted by Crippen LogP contribution is -2.35. The smallest absolute Gasteiger partial charge is 0.320 e. The van der Waals surface area contributed by atoms with Crippen LogP contribution in [0.3, 0.4) is 0 Å². The third-order valence-electron chi connectivity index (χ3n) is 4.03. The quantitative estimate of drug-likeness (QED) is 0.681. The molecule has 2 amide bonds. The Morgan fingerprint density at radius 2 is 1.62 bits per heavy atom. The van der Waals surface area contributed by atoms with Crippen molar-refractivity contribution in [1.29, 1.82) is 0 Å². The Labute approximate surface area is 142 Å². The first-order chi connectivity index (χ1) is 11.8. The van der Waals surface area contributed by atoms with E-state index in [1.165, 1.54) is 0 Å². The summed E-state index contributed by atoms with van der Waals surface area (Å²) in [7, 11) is 0.